The van der Waals surface area contributed by atoms with Gasteiger partial charge in [-0.25, -0.2) is 4.79 Å². The fourth-order valence-corrected chi connectivity index (χ4v) is 4.57. The quantitative estimate of drug-likeness (QED) is 0.234. The lowest BCUT2D eigenvalue weighted by Gasteiger charge is -2.20. The summed E-state index contributed by atoms with van der Waals surface area (Å²) in [4.78, 5) is 14.8. The number of hydrogen-bond acceptors (Lipinski definition) is 4. The van der Waals surface area contributed by atoms with Crippen molar-refractivity contribution in [1.82, 2.24) is 15.5 Å². The summed E-state index contributed by atoms with van der Waals surface area (Å²) in [6, 6.07) is 22.7. The van der Waals surface area contributed by atoms with E-state index in [1.54, 1.807) is 24.3 Å². The van der Waals surface area contributed by atoms with E-state index in [2.05, 4.69) is 65.3 Å². The molecule has 37 heavy (non-hydrogen) atoms. The number of nitriles is 1. The molecule has 0 aliphatic heterocycles. The molecule has 0 spiro atoms. The molecule has 0 heterocycles. The second-order valence-corrected chi connectivity index (χ2v) is 10.1. The number of hydrogen-bond donors (Lipinski definition) is 3. The minimum absolute atomic E-state index is 0.120. The van der Waals surface area contributed by atoms with Gasteiger partial charge in [-0.05, 0) is 93.6 Å². The first-order valence-electron chi connectivity index (χ1n) is 12.3. The van der Waals surface area contributed by atoms with Gasteiger partial charge >= 0.3 is 6.03 Å². The number of rotatable bonds is 12. The molecule has 0 bridgehead atoms. The summed E-state index contributed by atoms with van der Waals surface area (Å²) < 4.78 is 0. The number of carbonyl (C=O) groups is 1. The molecule has 0 saturated heterocycles. The van der Waals surface area contributed by atoms with Gasteiger partial charge in [0, 0.05) is 28.2 Å². The molecule has 0 aliphatic carbocycles. The second-order valence-electron chi connectivity index (χ2n) is 9.20. The summed E-state index contributed by atoms with van der Waals surface area (Å²) in [5.41, 5.74) is 4.36. The van der Waals surface area contributed by atoms with Crippen molar-refractivity contribution in [2.45, 2.75) is 18.8 Å². The van der Waals surface area contributed by atoms with Crippen LogP contribution < -0.4 is 16.0 Å². The summed E-state index contributed by atoms with van der Waals surface area (Å²) in [5, 5.41) is 19.4. The normalized spacial score (nSPS) is 11.7. The number of benzene rings is 3. The van der Waals surface area contributed by atoms with Crippen molar-refractivity contribution in [2.24, 2.45) is 0 Å². The molecule has 1 atom stereocenters. The topological polar surface area (TPSA) is 80.2 Å². The molecule has 0 fully saturated rings. The summed E-state index contributed by atoms with van der Waals surface area (Å²) in [5.74, 6) is 0.120. The fraction of sp³-hybridized carbons (Fsp3) is 0.310. The van der Waals surface area contributed by atoms with E-state index in [1.807, 2.05) is 18.2 Å². The molecule has 3 rings (SSSR count). The number of nitrogens with zero attached hydrogens (tertiary/aromatic N) is 2. The number of amides is 2. The van der Waals surface area contributed by atoms with Crippen LogP contribution in [-0.4, -0.2) is 51.2 Å². The van der Waals surface area contributed by atoms with Crippen molar-refractivity contribution >= 4 is 34.9 Å². The minimum atomic E-state index is -0.313. The number of halogens is 2. The Kier molecular flexibility index (Phi) is 11.2. The van der Waals surface area contributed by atoms with Crippen molar-refractivity contribution in [3.8, 4) is 17.2 Å². The molecule has 2 amide bonds. The largest absolute Gasteiger partial charge is 0.337 e. The molecule has 6 nitrogen and oxygen atoms in total. The third-order valence-electron chi connectivity index (χ3n) is 5.96. The van der Waals surface area contributed by atoms with E-state index in [9.17, 15) is 10.1 Å². The maximum atomic E-state index is 12.6. The summed E-state index contributed by atoms with van der Waals surface area (Å²) in [7, 11) is 4.15. The lowest BCUT2D eigenvalue weighted by molar-refractivity contribution is 0.251. The number of anilines is 1. The second kappa shape index (κ2) is 14.6. The standard InChI is InChI=1S/C29H33Cl2N5O/c1-36(2)14-4-12-33-13-11-25(20-34-29(37)35-28-17-26(30)16-27(31)18-28)23-9-7-22(8-10-23)24-6-3-5-21(15-24)19-32/h3,5-10,15-18,25,33H,4,11-14,20H2,1-2H3,(H2,34,35,37). The highest BCUT2D eigenvalue weighted by atomic mass is 35.5. The molecule has 3 aromatic rings. The van der Waals surface area contributed by atoms with Crippen LogP contribution in [0, 0.1) is 11.3 Å². The van der Waals surface area contributed by atoms with Gasteiger partial charge in [0.05, 0.1) is 11.6 Å². The Bertz CT molecular complexity index is 1190. The molecular weight excluding hydrogens is 505 g/mol. The van der Waals surface area contributed by atoms with E-state index in [0.717, 1.165) is 49.2 Å². The van der Waals surface area contributed by atoms with Crippen molar-refractivity contribution < 1.29 is 4.79 Å². The highest BCUT2D eigenvalue weighted by Crippen LogP contribution is 2.26. The SMILES string of the molecule is CN(C)CCCNCCC(CNC(=O)Nc1cc(Cl)cc(Cl)c1)c1ccc(-c2cccc(C#N)c2)cc1. The van der Waals surface area contributed by atoms with Gasteiger partial charge in [-0.3, -0.25) is 0 Å². The molecule has 3 N–H and O–H groups in total. The molecule has 3 aromatic carbocycles. The van der Waals surface area contributed by atoms with Crippen LogP contribution in [0.15, 0.2) is 66.7 Å². The smallest absolute Gasteiger partial charge is 0.319 e. The zero-order valence-electron chi connectivity index (χ0n) is 21.2. The molecular formula is C29H33Cl2N5O. The Hall–Kier alpha value is -3.08. The highest BCUT2D eigenvalue weighted by Gasteiger charge is 2.14. The van der Waals surface area contributed by atoms with Gasteiger partial charge in [0.2, 0.25) is 0 Å². The predicted molar refractivity (Wildman–Crippen MR) is 153 cm³/mol. The van der Waals surface area contributed by atoms with Crippen LogP contribution in [0.3, 0.4) is 0 Å². The van der Waals surface area contributed by atoms with Crippen LogP contribution in [-0.2, 0) is 0 Å². The van der Waals surface area contributed by atoms with E-state index in [-0.39, 0.29) is 11.9 Å². The van der Waals surface area contributed by atoms with Gasteiger partial charge in [-0.15, -0.1) is 0 Å². The Morgan fingerprint density at radius 2 is 1.70 bits per heavy atom. The van der Waals surface area contributed by atoms with E-state index in [0.29, 0.717) is 27.8 Å². The van der Waals surface area contributed by atoms with Crippen LogP contribution in [0.1, 0.15) is 29.9 Å². The predicted octanol–water partition coefficient (Wildman–Crippen LogP) is 6.37. The lowest BCUT2D eigenvalue weighted by Crippen LogP contribution is -2.33. The zero-order valence-corrected chi connectivity index (χ0v) is 22.7. The molecule has 0 saturated carbocycles. The average molecular weight is 539 g/mol. The lowest BCUT2D eigenvalue weighted by atomic mass is 9.93. The minimum Gasteiger partial charge on any atom is -0.337 e. The van der Waals surface area contributed by atoms with E-state index in [1.165, 1.54) is 0 Å². The molecule has 8 heteroatoms. The molecule has 0 radical (unpaired) electrons. The average Bonchev–Trinajstić information content (AvgIpc) is 2.87. The van der Waals surface area contributed by atoms with Crippen LogP contribution >= 0.6 is 23.2 Å². The summed E-state index contributed by atoms with van der Waals surface area (Å²) >= 11 is 12.1. The maximum Gasteiger partial charge on any atom is 0.319 e. The third-order valence-corrected chi connectivity index (χ3v) is 6.40. The summed E-state index contributed by atoms with van der Waals surface area (Å²) in [6.45, 7) is 3.31. The molecule has 194 valence electrons. The van der Waals surface area contributed by atoms with Crippen molar-refractivity contribution in [1.29, 1.82) is 5.26 Å². The van der Waals surface area contributed by atoms with Crippen LogP contribution in [0.5, 0.6) is 0 Å². The van der Waals surface area contributed by atoms with Crippen molar-refractivity contribution in [2.75, 3.05) is 45.6 Å². The van der Waals surface area contributed by atoms with Gasteiger partial charge in [0.1, 0.15) is 0 Å². The maximum absolute atomic E-state index is 12.6. The first-order valence-corrected chi connectivity index (χ1v) is 13.1. The first kappa shape index (κ1) is 28.5. The Labute approximate surface area is 229 Å². The van der Waals surface area contributed by atoms with Gasteiger partial charge in [0.25, 0.3) is 0 Å². The third kappa shape index (κ3) is 9.71. The number of carbonyl (C=O) groups excluding carboxylic acids is 1. The zero-order chi connectivity index (χ0) is 26.6. The van der Waals surface area contributed by atoms with Crippen molar-refractivity contribution in [3.63, 3.8) is 0 Å². The highest BCUT2D eigenvalue weighted by molar-refractivity contribution is 6.35. The van der Waals surface area contributed by atoms with E-state index < -0.39 is 0 Å². The number of nitrogens with one attached hydrogen (secondary N) is 3. The monoisotopic (exact) mass is 537 g/mol. The number of urea groups is 1. The fourth-order valence-electron chi connectivity index (χ4n) is 4.04. The van der Waals surface area contributed by atoms with Gasteiger partial charge < -0.3 is 20.9 Å². The summed E-state index contributed by atoms with van der Waals surface area (Å²) in [6.07, 6.45) is 1.95. The first-order chi connectivity index (χ1) is 17.8. The van der Waals surface area contributed by atoms with Gasteiger partial charge in [-0.1, -0.05) is 59.6 Å². The van der Waals surface area contributed by atoms with Crippen LogP contribution in [0.4, 0.5) is 10.5 Å². The molecule has 0 aromatic heterocycles. The van der Waals surface area contributed by atoms with Gasteiger partial charge in [0.15, 0.2) is 0 Å². The van der Waals surface area contributed by atoms with Crippen molar-refractivity contribution in [3.05, 3.63) is 87.9 Å². The van der Waals surface area contributed by atoms with E-state index in [4.69, 9.17) is 23.2 Å². The Balaban J connectivity index is 1.65. The molecule has 0 aliphatic rings. The Morgan fingerprint density at radius 1 is 0.973 bits per heavy atom. The van der Waals surface area contributed by atoms with E-state index >= 15 is 0 Å². The Morgan fingerprint density at radius 3 is 2.38 bits per heavy atom. The molecule has 1 unspecified atom stereocenters. The van der Waals surface area contributed by atoms with Crippen LogP contribution in [0.2, 0.25) is 10.0 Å². The van der Waals surface area contributed by atoms with Gasteiger partial charge in [-0.2, -0.15) is 5.26 Å². The van der Waals surface area contributed by atoms with Crippen LogP contribution in [0.25, 0.3) is 11.1 Å².